The number of aryl methyl sites for hydroxylation is 1. The van der Waals surface area contributed by atoms with Crippen LogP contribution in [0.3, 0.4) is 0 Å². The van der Waals surface area contributed by atoms with Crippen molar-refractivity contribution in [3.63, 3.8) is 0 Å². The predicted octanol–water partition coefficient (Wildman–Crippen LogP) is 3.00. The first-order valence-electron chi connectivity index (χ1n) is 5.79. The lowest BCUT2D eigenvalue weighted by atomic mass is 10.2. The molecule has 18 heavy (non-hydrogen) atoms. The standard InChI is InChI=1S/C13H15BrN4/c1-2-12-17-11(15)7-13(18-12)16-8-9-4-3-5-10(14)6-9/h3-7H,2,8H2,1H3,(H3,15,16,17,18). The van der Waals surface area contributed by atoms with Crippen molar-refractivity contribution >= 4 is 27.6 Å². The molecule has 1 aromatic heterocycles. The first kappa shape index (κ1) is 12.8. The number of aromatic nitrogens is 2. The smallest absolute Gasteiger partial charge is 0.132 e. The van der Waals surface area contributed by atoms with Gasteiger partial charge in [-0.1, -0.05) is 35.0 Å². The Hall–Kier alpha value is -1.62. The second-order valence-corrected chi connectivity index (χ2v) is 4.85. The van der Waals surface area contributed by atoms with Gasteiger partial charge >= 0.3 is 0 Å². The Bertz CT molecular complexity index is 542. The van der Waals surface area contributed by atoms with Crippen molar-refractivity contribution in [2.75, 3.05) is 11.1 Å². The number of benzene rings is 1. The van der Waals surface area contributed by atoms with Crippen molar-refractivity contribution in [1.82, 2.24) is 9.97 Å². The second-order valence-electron chi connectivity index (χ2n) is 3.93. The lowest BCUT2D eigenvalue weighted by Gasteiger charge is -2.08. The molecule has 0 radical (unpaired) electrons. The Kier molecular flexibility index (Phi) is 4.15. The first-order valence-corrected chi connectivity index (χ1v) is 6.58. The molecule has 3 N–H and O–H groups in total. The Balaban J connectivity index is 2.08. The summed E-state index contributed by atoms with van der Waals surface area (Å²) in [6.45, 7) is 2.71. The molecule has 0 unspecified atom stereocenters. The number of nitrogens with one attached hydrogen (secondary N) is 1. The van der Waals surface area contributed by atoms with Gasteiger partial charge in [-0.15, -0.1) is 0 Å². The van der Waals surface area contributed by atoms with Crippen molar-refractivity contribution in [2.24, 2.45) is 0 Å². The molecule has 4 nitrogen and oxygen atoms in total. The molecule has 2 aromatic rings. The molecule has 0 aliphatic carbocycles. The number of anilines is 2. The van der Waals surface area contributed by atoms with E-state index in [0.29, 0.717) is 12.4 Å². The van der Waals surface area contributed by atoms with Gasteiger partial charge < -0.3 is 11.1 Å². The maximum atomic E-state index is 5.73. The van der Waals surface area contributed by atoms with Crippen LogP contribution in [0.5, 0.6) is 0 Å². The Labute approximate surface area is 115 Å². The molecule has 0 aliphatic rings. The molecule has 0 amide bonds. The van der Waals surface area contributed by atoms with E-state index in [1.54, 1.807) is 6.07 Å². The number of hydrogen-bond donors (Lipinski definition) is 2. The summed E-state index contributed by atoms with van der Waals surface area (Å²) < 4.78 is 1.07. The van der Waals surface area contributed by atoms with Gasteiger partial charge in [0.2, 0.25) is 0 Å². The number of nitrogens with two attached hydrogens (primary N) is 1. The van der Waals surface area contributed by atoms with Crippen LogP contribution in [0.25, 0.3) is 0 Å². The van der Waals surface area contributed by atoms with Crippen molar-refractivity contribution in [3.8, 4) is 0 Å². The van der Waals surface area contributed by atoms with Crippen molar-refractivity contribution in [2.45, 2.75) is 19.9 Å². The first-order chi connectivity index (χ1) is 8.67. The third-order valence-electron chi connectivity index (χ3n) is 2.47. The zero-order chi connectivity index (χ0) is 13.0. The average Bonchev–Trinajstić information content (AvgIpc) is 2.36. The SMILES string of the molecule is CCc1nc(N)cc(NCc2cccc(Br)c2)n1. The Morgan fingerprint density at radius 3 is 2.83 bits per heavy atom. The quantitative estimate of drug-likeness (QED) is 0.911. The van der Waals surface area contributed by atoms with Gasteiger partial charge in [-0.05, 0) is 17.7 Å². The highest BCUT2D eigenvalue weighted by atomic mass is 79.9. The minimum Gasteiger partial charge on any atom is -0.384 e. The second kappa shape index (κ2) is 5.82. The Morgan fingerprint density at radius 1 is 1.28 bits per heavy atom. The number of hydrogen-bond acceptors (Lipinski definition) is 4. The topological polar surface area (TPSA) is 63.8 Å². The molecular formula is C13H15BrN4. The van der Waals surface area contributed by atoms with E-state index in [2.05, 4.69) is 43.3 Å². The van der Waals surface area contributed by atoms with E-state index >= 15 is 0 Å². The van der Waals surface area contributed by atoms with Crippen LogP contribution in [-0.4, -0.2) is 9.97 Å². The number of nitrogens with zero attached hydrogens (tertiary/aromatic N) is 2. The zero-order valence-electron chi connectivity index (χ0n) is 10.2. The summed E-state index contributed by atoms with van der Waals surface area (Å²) in [4.78, 5) is 8.52. The number of nitrogen functional groups attached to an aromatic ring is 1. The van der Waals surface area contributed by atoms with E-state index in [-0.39, 0.29) is 0 Å². The molecule has 1 aromatic carbocycles. The normalized spacial score (nSPS) is 10.3. The third-order valence-corrected chi connectivity index (χ3v) is 2.96. The summed E-state index contributed by atoms with van der Waals surface area (Å²) >= 11 is 3.45. The van der Waals surface area contributed by atoms with Gasteiger partial charge in [-0.3, -0.25) is 0 Å². The van der Waals surface area contributed by atoms with E-state index in [0.717, 1.165) is 22.5 Å². The molecule has 0 aliphatic heterocycles. The van der Waals surface area contributed by atoms with Crippen LogP contribution in [0.1, 0.15) is 18.3 Å². The average molecular weight is 307 g/mol. The Morgan fingerprint density at radius 2 is 2.11 bits per heavy atom. The highest BCUT2D eigenvalue weighted by Gasteiger charge is 2.01. The molecule has 0 bridgehead atoms. The van der Waals surface area contributed by atoms with Gasteiger partial charge in [-0.25, -0.2) is 9.97 Å². The molecule has 0 fully saturated rings. The van der Waals surface area contributed by atoms with E-state index in [4.69, 9.17) is 5.73 Å². The van der Waals surface area contributed by atoms with Gasteiger partial charge in [0, 0.05) is 23.5 Å². The summed E-state index contributed by atoms with van der Waals surface area (Å²) in [5.41, 5.74) is 6.91. The van der Waals surface area contributed by atoms with Gasteiger partial charge in [0.1, 0.15) is 17.5 Å². The molecule has 94 valence electrons. The predicted molar refractivity (Wildman–Crippen MR) is 77.3 cm³/mol. The van der Waals surface area contributed by atoms with Crippen LogP contribution in [-0.2, 0) is 13.0 Å². The van der Waals surface area contributed by atoms with E-state index in [1.807, 2.05) is 19.1 Å². The molecule has 5 heteroatoms. The van der Waals surface area contributed by atoms with Crippen LogP contribution in [0.4, 0.5) is 11.6 Å². The molecule has 0 saturated carbocycles. The molecule has 0 saturated heterocycles. The largest absolute Gasteiger partial charge is 0.384 e. The van der Waals surface area contributed by atoms with Crippen LogP contribution in [0.15, 0.2) is 34.8 Å². The van der Waals surface area contributed by atoms with Gasteiger partial charge in [0.25, 0.3) is 0 Å². The third kappa shape index (κ3) is 3.43. The maximum absolute atomic E-state index is 5.73. The van der Waals surface area contributed by atoms with E-state index in [1.165, 1.54) is 5.56 Å². The minimum absolute atomic E-state index is 0.499. The van der Waals surface area contributed by atoms with Crippen molar-refractivity contribution < 1.29 is 0 Å². The van der Waals surface area contributed by atoms with Crippen LogP contribution < -0.4 is 11.1 Å². The lowest BCUT2D eigenvalue weighted by molar-refractivity contribution is 0.938. The fourth-order valence-corrected chi connectivity index (χ4v) is 2.05. The summed E-state index contributed by atoms with van der Waals surface area (Å²) in [5, 5.41) is 3.25. The molecular weight excluding hydrogens is 292 g/mol. The summed E-state index contributed by atoms with van der Waals surface area (Å²) in [5.74, 6) is 2.02. The molecule has 2 rings (SSSR count). The maximum Gasteiger partial charge on any atom is 0.132 e. The van der Waals surface area contributed by atoms with Crippen LogP contribution >= 0.6 is 15.9 Å². The number of rotatable bonds is 4. The van der Waals surface area contributed by atoms with Gasteiger partial charge in [0.05, 0.1) is 0 Å². The minimum atomic E-state index is 0.499. The number of halogens is 1. The van der Waals surface area contributed by atoms with E-state index in [9.17, 15) is 0 Å². The molecule has 1 heterocycles. The fraction of sp³-hybridized carbons (Fsp3) is 0.231. The van der Waals surface area contributed by atoms with Crippen molar-refractivity contribution in [3.05, 3.63) is 46.2 Å². The highest BCUT2D eigenvalue weighted by Crippen LogP contribution is 2.14. The lowest BCUT2D eigenvalue weighted by Crippen LogP contribution is -2.06. The summed E-state index contributed by atoms with van der Waals surface area (Å²) in [6.07, 6.45) is 0.774. The molecule has 0 atom stereocenters. The van der Waals surface area contributed by atoms with Crippen molar-refractivity contribution in [1.29, 1.82) is 0 Å². The van der Waals surface area contributed by atoms with Gasteiger partial charge in [0.15, 0.2) is 0 Å². The summed E-state index contributed by atoms with van der Waals surface area (Å²) in [6, 6.07) is 9.88. The summed E-state index contributed by atoms with van der Waals surface area (Å²) in [7, 11) is 0. The molecule has 0 spiro atoms. The van der Waals surface area contributed by atoms with Crippen LogP contribution in [0, 0.1) is 0 Å². The van der Waals surface area contributed by atoms with Gasteiger partial charge in [-0.2, -0.15) is 0 Å². The zero-order valence-corrected chi connectivity index (χ0v) is 11.7. The fourth-order valence-electron chi connectivity index (χ4n) is 1.61. The van der Waals surface area contributed by atoms with Crippen LogP contribution in [0.2, 0.25) is 0 Å². The van der Waals surface area contributed by atoms with E-state index < -0.39 is 0 Å². The highest BCUT2D eigenvalue weighted by molar-refractivity contribution is 9.10. The monoisotopic (exact) mass is 306 g/mol.